The molecule has 21 heavy (non-hydrogen) atoms. The highest BCUT2D eigenvalue weighted by molar-refractivity contribution is 5.96. The monoisotopic (exact) mass is 288 g/mol. The average Bonchev–Trinajstić information content (AvgIpc) is 2.43. The summed E-state index contributed by atoms with van der Waals surface area (Å²) in [4.78, 5) is 26.8. The van der Waals surface area contributed by atoms with Crippen LogP contribution in [0.5, 0.6) is 0 Å². The highest BCUT2D eigenvalue weighted by Gasteiger charge is 2.11. The van der Waals surface area contributed by atoms with Gasteiger partial charge in [0.15, 0.2) is 0 Å². The number of rotatable bonds is 4. The van der Waals surface area contributed by atoms with Gasteiger partial charge < -0.3 is 16.8 Å². The molecule has 2 rings (SSSR count). The molecule has 0 atom stereocenters. The number of hydrogen-bond acceptors (Lipinski definition) is 4. The van der Waals surface area contributed by atoms with Crippen LogP contribution >= 0.6 is 0 Å². The van der Waals surface area contributed by atoms with E-state index in [1.165, 1.54) is 18.3 Å². The van der Waals surface area contributed by atoms with Crippen LogP contribution in [-0.4, -0.2) is 16.8 Å². The van der Waals surface area contributed by atoms with Crippen LogP contribution in [0.25, 0.3) is 0 Å². The maximum Gasteiger partial charge on any atom is 0.248 e. The SMILES string of the molecule is NC(=O)c1ccc(F)c(NC(=O)Cc2ccc(N)cn2)c1. The number of carbonyl (C=O) groups excluding carboxylic acids is 2. The number of nitrogens with two attached hydrogens (primary N) is 2. The fourth-order valence-electron chi connectivity index (χ4n) is 1.67. The first-order chi connectivity index (χ1) is 9.95. The van der Waals surface area contributed by atoms with Gasteiger partial charge in [0.2, 0.25) is 11.8 Å². The fourth-order valence-corrected chi connectivity index (χ4v) is 1.67. The third-order valence-electron chi connectivity index (χ3n) is 2.71. The zero-order chi connectivity index (χ0) is 15.4. The van der Waals surface area contributed by atoms with Gasteiger partial charge in [-0.2, -0.15) is 0 Å². The molecule has 0 aliphatic carbocycles. The summed E-state index contributed by atoms with van der Waals surface area (Å²) in [5.41, 5.74) is 11.6. The van der Waals surface area contributed by atoms with Gasteiger partial charge in [-0.05, 0) is 30.3 Å². The van der Waals surface area contributed by atoms with E-state index in [4.69, 9.17) is 11.5 Å². The van der Waals surface area contributed by atoms with Gasteiger partial charge in [-0.25, -0.2) is 4.39 Å². The van der Waals surface area contributed by atoms with E-state index in [1.54, 1.807) is 12.1 Å². The molecule has 0 aliphatic heterocycles. The van der Waals surface area contributed by atoms with Crippen molar-refractivity contribution in [1.29, 1.82) is 0 Å². The summed E-state index contributed by atoms with van der Waals surface area (Å²) in [6, 6.07) is 6.72. The fraction of sp³-hybridized carbons (Fsp3) is 0.0714. The van der Waals surface area contributed by atoms with Gasteiger partial charge in [-0.1, -0.05) is 0 Å². The number of hydrogen-bond donors (Lipinski definition) is 3. The van der Waals surface area contributed by atoms with Crippen LogP contribution < -0.4 is 16.8 Å². The van der Waals surface area contributed by atoms with E-state index in [2.05, 4.69) is 10.3 Å². The Bertz CT molecular complexity index is 686. The Kier molecular flexibility index (Phi) is 4.13. The first-order valence-electron chi connectivity index (χ1n) is 6.05. The zero-order valence-corrected chi connectivity index (χ0v) is 11.0. The molecule has 0 aliphatic rings. The Labute approximate surface area is 120 Å². The Morgan fingerprint density at radius 3 is 2.62 bits per heavy atom. The van der Waals surface area contributed by atoms with Crippen molar-refractivity contribution in [3.05, 3.63) is 53.6 Å². The maximum absolute atomic E-state index is 13.6. The van der Waals surface area contributed by atoms with Crippen molar-refractivity contribution in [1.82, 2.24) is 4.98 Å². The standard InChI is InChI=1S/C14H13FN4O2/c15-11-4-1-8(14(17)21)5-12(11)19-13(20)6-10-3-2-9(16)7-18-10/h1-5,7H,6,16H2,(H2,17,21)(H,19,20). The van der Waals surface area contributed by atoms with Crippen molar-refractivity contribution < 1.29 is 14.0 Å². The molecule has 0 bridgehead atoms. The van der Waals surface area contributed by atoms with E-state index in [0.29, 0.717) is 11.4 Å². The number of anilines is 2. The molecule has 0 radical (unpaired) electrons. The van der Waals surface area contributed by atoms with Crippen LogP contribution in [0.1, 0.15) is 16.1 Å². The number of carbonyl (C=O) groups is 2. The number of nitrogen functional groups attached to an aromatic ring is 1. The Morgan fingerprint density at radius 1 is 1.24 bits per heavy atom. The molecule has 2 amide bonds. The number of amides is 2. The van der Waals surface area contributed by atoms with Crippen LogP contribution in [0.3, 0.4) is 0 Å². The summed E-state index contributed by atoms with van der Waals surface area (Å²) in [6.07, 6.45) is 1.39. The minimum absolute atomic E-state index is 0.0412. The van der Waals surface area contributed by atoms with Crippen molar-refractivity contribution in [2.75, 3.05) is 11.1 Å². The predicted octanol–water partition coefficient (Wildman–Crippen LogP) is 1.08. The van der Waals surface area contributed by atoms with Gasteiger partial charge in [0.25, 0.3) is 0 Å². The summed E-state index contributed by atoms with van der Waals surface area (Å²) >= 11 is 0. The van der Waals surface area contributed by atoms with E-state index in [0.717, 1.165) is 6.07 Å². The van der Waals surface area contributed by atoms with Gasteiger partial charge in [-0.15, -0.1) is 0 Å². The highest BCUT2D eigenvalue weighted by Crippen LogP contribution is 2.16. The molecule has 1 heterocycles. The van der Waals surface area contributed by atoms with Gasteiger partial charge in [0.1, 0.15) is 5.82 Å². The van der Waals surface area contributed by atoms with E-state index in [-0.39, 0.29) is 17.7 Å². The summed E-state index contributed by atoms with van der Waals surface area (Å²) in [6.45, 7) is 0. The lowest BCUT2D eigenvalue weighted by Crippen LogP contribution is -2.17. The Hall–Kier alpha value is -2.96. The lowest BCUT2D eigenvalue weighted by Gasteiger charge is -2.07. The molecule has 5 N–H and O–H groups in total. The molecule has 1 aromatic heterocycles. The average molecular weight is 288 g/mol. The van der Waals surface area contributed by atoms with Crippen LogP contribution in [-0.2, 0) is 11.2 Å². The molecule has 0 spiro atoms. The second-order valence-corrected chi connectivity index (χ2v) is 4.37. The van der Waals surface area contributed by atoms with Crippen molar-refractivity contribution in [3.63, 3.8) is 0 Å². The molecule has 0 saturated heterocycles. The molecule has 0 saturated carbocycles. The molecule has 2 aromatic rings. The summed E-state index contributed by atoms with van der Waals surface area (Å²) in [5, 5.41) is 2.38. The number of nitrogens with one attached hydrogen (secondary N) is 1. The molecular weight excluding hydrogens is 275 g/mol. The lowest BCUT2D eigenvalue weighted by atomic mass is 10.1. The second-order valence-electron chi connectivity index (χ2n) is 4.37. The topological polar surface area (TPSA) is 111 Å². The Balaban J connectivity index is 2.10. The van der Waals surface area contributed by atoms with Gasteiger partial charge in [0.05, 0.1) is 24.0 Å². The predicted molar refractivity (Wildman–Crippen MR) is 75.9 cm³/mol. The van der Waals surface area contributed by atoms with Crippen molar-refractivity contribution in [2.24, 2.45) is 5.73 Å². The normalized spacial score (nSPS) is 10.1. The van der Waals surface area contributed by atoms with Crippen LogP contribution in [0.4, 0.5) is 15.8 Å². The molecule has 1 aromatic carbocycles. The van der Waals surface area contributed by atoms with Crippen LogP contribution in [0, 0.1) is 5.82 Å². The maximum atomic E-state index is 13.6. The van der Waals surface area contributed by atoms with Crippen LogP contribution in [0.2, 0.25) is 0 Å². The molecule has 108 valence electrons. The van der Waals surface area contributed by atoms with Crippen LogP contribution in [0.15, 0.2) is 36.5 Å². The molecule has 7 heteroatoms. The summed E-state index contributed by atoms with van der Waals surface area (Å²) in [5.74, 6) is -1.82. The molecule has 6 nitrogen and oxygen atoms in total. The first-order valence-corrected chi connectivity index (χ1v) is 6.05. The van der Waals surface area contributed by atoms with E-state index >= 15 is 0 Å². The number of aromatic nitrogens is 1. The van der Waals surface area contributed by atoms with E-state index in [1.807, 2.05) is 0 Å². The van der Waals surface area contributed by atoms with Crippen molar-refractivity contribution in [3.8, 4) is 0 Å². The molecular formula is C14H13FN4O2. The minimum Gasteiger partial charge on any atom is -0.397 e. The number of pyridine rings is 1. The first kappa shape index (κ1) is 14.4. The number of halogens is 1. The minimum atomic E-state index is -0.703. The number of primary amides is 1. The quantitative estimate of drug-likeness (QED) is 0.781. The Morgan fingerprint density at radius 2 is 2.00 bits per heavy atom. The summed E-state index contributed by atoms with van der Waals surface area (Å²) in [7, 11) is 0. The van der Waals surface area contributed by atoms with Gasteiger partial charge in [-0.3, -0.25) is 14.6 Å². The molecule has 0 unspecified atom stereocenters. The third kappa shape index (κ3) is 3.75. The highest BCUT2D eigenvalue weighted by atomic mass is 19.1. The second kappa shape index (κ2) is 6.00. The van der Waals surface area contributed by atoms with Gasteiger partial charge in [0, 0.05) is 11.3 Å². The number of benzene rings is 1. The lowest BCUT2D eigenvalue weighted by molar-refractivity contribution is -0.115. The van der Waals surface area contributed by atoms with E-state index in [9.17, 15) is 14.0 Å². The summed E-state index contributed by atoms with van der Waals surface area (Å²) < 4.78 is 13.6. The third-order valence-corrected chi connectivity index (χ3v) is 2.71. The smallest absolute Gasteiger partial charge is 0.248 e. The van der Waals surface area contributed by atoms with Crippen molar-refractivity contribution in [2.45, 2.75) is 6.42 Å². The largest absolute Gasteiger partial charge is 0.397 e. The van der Waals surface area contributed by atoms with Crippen molar-refractivity contribution >= 4 is 23.2 Å². The zero-order valence-electron chi connectivity index (χ0n) is 11.0. The van der Waals surface area contributed by atoms with E-state index < -0.39 is 17.6 Å². The van der Waals surface area contributed by atoms with Gasteiger partial charge >= 0.3 is 0 Å². The number of nitrogens with zero attached hydrogens (tertiary/aromatic N) is 1. The molecule has 0 fully saturated rings.